The van der Waals surface area contributed by atoms with Crippen LogP contribution in [0.5, 0.6) is 0 Å². The van der Waals surface area contributed by atoms with E-state index >= 15 is 0 Å². The molecule has 0 fully saturated rings. The van der Waals surface area contributed by atoms with E-state index in [-0.39, 0.29) is 21.5 Å². The molecule has 3 rings (SSSR count). The van der Waals surface area contributed by atoms with Crippen LogP contribution in [0, 0.1) is 0 Å². The summed E-state index contributed by atoms with van der Waals surface area (Å²) in [4.78, 5) is 71.0. The molecule has 0 spiro atoms. The molecule has 3 aromatic rings. The standard InChI is InChI=1S/C14H8N2O6/c1-5(17)15-11(19)7-3-9-10(4-8(7)12(15)20)14(22)16(6(2)18)13(9)21/h3-4H,1-2H3. The molecule has 0 aliphatic rings. The normalized spacial score (nSPS) is 11.4. The first kappa shape index (κ1) is 13.8. The summed E-state index contributed by atoms with van der Waals surface area (Å²) in [6, 6.07) is 2.16. The third-order valence-corrected chi connectivity index (χ3v) is 3.52. The van der Waals surface area contributed by atoms with Crippen LogP contribution in [-0.4, -0.2) is 20.9 Å². The zero-order chi connectivity index (χ0) is 16.3. The summed E-state index contributed by atoms with van der Waals surface area (Å²) in [5, 5.41) is -0.535. The Bertz CT molecular complexity index is 1030. The number of benzene rings is 1. The molecule has 8 heteroatoms. The highest BCUT2D eigenvalue weighted by Gasteiger charge is 2.21. The molecule has 0 atom stereocenters. The van der Waals surface area contributed by atoms with Crippen LogP contribution < -0.4 is 22.2 Å². The minimum absolute atomic E-state index is 0.134. The largest absolute Gasteiger partial charge is 0.274 e. The van der Waals surface area contributed by atoms with E-state index in [1.807, 2.05) is 0 Å². The SMILES string of the molecule is CC(=O)n1c(=O)c2cc3c(=O)n(C(C)=O)c(=O)c3cc2c1=O. The first-order valence-corrected chi connectivity index (χ1v) is 6.22. The number of rotatable bonds is 0. The number of fused-ring (bicyclic) bond motifs is 2. The van der Waals surface area contributed by atoms with Crippen molar-refractivity contribution in [2.24, 2.45) is 0 Å². The molecule has 8 nitrogen and oxygen atoms in total. The van der Waals surface area contributed by atoms with Gasteiger partial charge in [-0.25, -0.2) is 9.13 Å². The van der Waals surface area contributed by atoms with Gasteiger partial charge in [-0.05, 0) is 12.1 Å². The van der Waals surface area contributed by atoms with Crippen molar-refractivity contribution in [3.8, 4) is 0 Å². The van der Waals surface area contributed by atoms with E-state index < -0.39 is 34.1 Å². The summed E-state index contributed by atoms with van der Waals surface area (Å²) in [6.45, 7) is 2.12. The number of carbonyl (C=O) groups is 2. The zero-order valence-electron chi connectivity index (χ0n) is 11.5. The minimum atomic E-state index is -0.850. The summed E-state index contributed by atoms with van der Waals surface area (Å²) in [6.07, 6.45) is 0. The first-order chi connectivity index (χ1) is 10.3. The lowest BCUT2D eigenvalue weighted by Gasteiger charge is -1.88. The fourth-order valence-corrected chi connectivity index (χ4v) is 2.55. The monoisotopic (exact) mass is 300 g/mol. The van der Waals surface area contributed by atoms with Gasteiger partial charge in [0.25, 0.3) is 22.2 Å². The van der Waals surface area contributed by atoms with Crippen LogP contribution >= 0.6 is 0 Å². The molecule has 0 unspecified atom stereocenters. The van der Waals surface area contributed by atoms with Crippen LogP contribution in [0.1, 0.15) is 23.4 Å². The summed E-state index contributed by atoms with van der Waals surface area (Å²) in [5.41, 5.74) is -3.40. The molecular formula is C14H8N2O6. The highest BCUT2D eigenvalue weighted by atomic mass is 16.2. The van der Waals surface area contributed by atoms with Gasteiger partial charge >= 0.3 is 0 Å². The average Bonchev–Trinajstić information content (AvgIpc) is 2.82. The van der Waals surface area contributed by atoms with Crippen LogP contribution in [0.2, 0.25) is 0 Å². The van der Waals surface area contributed by atoms with Gasteiger partial charge in [0.05, 0.1) is 21.5 Å². The molecule has 0 N–H and O–H groups in total. The van der Waals surface area contributed by atoms with Crippen LogP contribution in [0.15, 0.2) is 31.3 Å². The molecule has 0 bridgehead atoms. The molecule has 0 saturated heterocycles. The Morgan fingerprint density at radius 1 is 0.636 bits per heavy atom. The molecule has 0 aliphatic carbocycles. The second kappa shape index (κ2) is 4.17. The summed E-state index contributed by atoms with van der Waals surface area (Å²) in [7, 11) is 0. The van der Waals surface area contributed by atoms with Crippen LogP contribution in [0.4, 0.5) is 0 Å². The van der Waals surface area contributed by atoms with Crippen molar-refractivity contribution in [3.05, 3.63) is 53.5 Å². The second-order valence-electron chi connectivity index (χ2n) is 4.87. The molecule has 110 valence electrons. The van der Waals surface area contributed by atoms with Crippen molar-refractivity contribution in [2.45, 2.75) is 13.8 Å². The molecule has 0 saturated carbocycles. The van der Waals surface area contributed by atoms with E-state index in [0.29, 0.717) is 9.13 Å². The van der Waals surface area contributed by atoms with Gasteiger partial charge in [0, 0.05) is 13.8 Å². The van der Waals surface area contributed by atoms with Crippen LogP contribution in [0.3, 0.4) is 0 Å². The lowest BCUT2D eigenvalue weighted by Crippen LogP contribution is -2.30. The lowest BCUT2D eigenvalue weighted by molar-refractivity contribution is 0.0922. The zero-order valence-corrected chi connectivity index (χ0v) is 11.5. The Morgan fingerprint density at radius 3 is 1.05 bits per heavy atom. The Labute approximate surface area is 120 Å². The number of aromatic nitrogens is 2. The van der Waals surface area contributed by atoms with Gasteiger partial charge in [0.2, 0.25) is 11.8 Å². The van der Waals surface area contributed by atoms with Crippen molar-refractivity contribution in [2.75, 3.05) is 0 Å². The summed E-state index contributed by atoms with van der Waals surface area (Å²) >= 11 is 0. The maximum atomic E-state index is 12.1. The fourth-order valence-electron chi connectivity index (χ4n) is 2.55. The quantitative estimate of drug-likeness (QED) is 0.539. The molecule has 0 aliphatic heterocycles. The number of nitrogens with zero attached hydrogens (tertiary/aromatic N) is 2. The van der Waals surface area contributed by atoms with Gasteiger partial charge in [0.15, 0.2) is 0 Å². The van der Waals surface area contributed by atoms with Gasteiger partial charge < -0.3 is 0 Å². The topological polar surface area (TPSA) is 112 Å². The highest BCUT2D eigenvalue weighted by Crippen LogP contribution is 2.14. The molecule has 2 aromatic heterocycles. The lowest BCUT2D eigenvalue weighted by atomic mass is 10.1. The molecule has 0 amide bonds. The van der Waals surface area contributed by atoms with E-state index in [2.05, 4.69) is 0 Å². The van der Waals surface area contributed by atoms with Gasteiger partial charge in [-0.2, -0.15) is 0 Å². The summed E-state index contributed by atoms with van der Waals surface area (Å²) in [5.74, 6) is -1.51. The highest BCUT2D eigenvalue weighted by molar-refractivity contribution is 6.00. The predicted molar refractivity (Wildman–Crippen MR) is 77.5 cm³/mol. The molecule has 0 radical (unpaired) electrons. The van der Waals surface area contributed by atoms with Gasteiger partial charge in [-0.1, -0.05) is 0 Å². The van der Waals surface area contributed by atoms with E-state index in [1.165, 1.54) is 0 Å². The third-order valence-electron chi connectivity index (χ3n) is 3.52. The predicted octanol–water partition coefficient (Wildman–Crippen LogP) is -0.767. The minimum Gasteiger partial charge on any atom is -0.274 e. The number of carbonyl (C=O) groups excluding carboxylic acids is 2. The maximum absolute atomic E-state index is 12.1. The Morgan fingerprint density at radius 2 is 0.864 bits per heavy atom. The Kier molecular flexibility index (Phi) is 2.62. The van der Waals surface area contributed by atoms with E-state index in [4.69, 9.17) is 0 Å². The van der Waals surface area contributed by atoms with Gasteiger partial charge in [0.1, 0.15) is 0 Å². The molecule has 1 aromatic carbocycles. The van der Waals surface area contributed by atoms with Gasteiger partial charge in [-0.15, -0.1) is 0 Å². The smallest absolute Gasteiger partial charge is 0.268 e. The second-order valence-corrected chi connectivity index (χ2v) is 4.87. The van der Waals surface area contributed by atoms with Crippen molar-refractivity contribution in [3.63, 3.8) is 0 Å². The number of hydrogen-bond donors (Lipinski definition) is 0. The molecular weight excluding hydrogens is 292 g/mol. The summed E-state index contributed by atoms with van der Waals surface area (Å²) < 4.78 is 0.884. The van der Waals surface area contributed by atoms with Crippen molar-refractivity contribution in [1.82, 2.24) is 9.13 Å². The first-order valence-electron chi connectivity index (χ1n) is 6.22. The van der Waals surface area contributed by atoms with E-state index in [1.54, 1.807) is 0 Å². The van der Waals surface area contributed by atoms with Crippen molar-refractivity contribution < 1.29 is 9.59 Å². The fraction of sp³-hybridized carbons (Fsp3) is 0.143. The number of hydrogen-bond acceptors (Lipinski definition) is 6. The van der Waals surface area contributed by atoms with Crippen molar-refractivity contribution >= 4 is 33.4 Å². The van der Waals surface area contributed by atoms with E-state index in [0.717, 1.165) is 26.0 Å². The van der Waals surface area contributed by atoms with Gasteiger partial charge in [-0.3, -0.25) is 28.8 Å². The molecule has 2 heterocycles. The van der Waals surface area contributed by atoms with Crippen LogP contribution in [0.25, 0.3) is 21.5 Å². The van der Waals surface area contributed by atoms with Crippen LogP contribution in [-0.2, 0) is 0 Å². The maximum Gasteiger partial charge on any atom is 0.268 e. The molecule has 22 heavy (non-hydrogen) atoms. The van der Waals surface area contributed by atoms with Crippen molar-refractivity contribution in [1.29, 1.82) is 0 Å². The third kappa shape index (κ3) is 1.51. The van der Waals surface area contributed by atoms with E-state index in [9.17, 15) is 28.8 Å². The Hall–Kier alpha value is -3.16. The Balaban J connectivity index is 2.64. The average molecular weight is 300 g/mol.